The van der Waals surface area contributed by atoms with Gasteiger partial charge in [0.2, 0.25) is 0 Å². The van der Waals surface area contributed by atoms with Crippen LogP contribution in [0.2, 0.25) is 0 Å². The fourth-order valence-corrected chi connectivity index (χ4v) is 1.04. The van der Waals surface area contributed by atoms with Gasteiger partial charge in [-0.25, -0.2) is 0 Å². The predicted molar refractivity (Wildman–Crippen MR) is 56.4 cm³/mol. The first kappa shape index (κ1) is 9.90. The van der Waals surface area contributed by atoms with Gasteiger partial charge >= 0.3 is 0 Å². The largest absolute Gasteiger partial charge is 0.491 e. The van der Waals surface area contributed by atoms with Gasteiger partial charge in [-0.2, -0.15) is 0 Å². The molecule has 0 aliphatic carbocycles. The van der Waals surface area contributed by atoms with E-state index in [9.17, 15) is 0 Å². The van der Waals surface area contributed by atoms with Crippen LogP contribution >= 0.6 is 0 Å². The van der Waals surface area contributed by atoms with Gasteiger partial charge in [0, 0.05) is 18.8 Å². The van der Waals surface area contributed by atoms with Crippen LogP contribution in [0.4, 0.5) is 5.69 Å². The summed E-state index contributed by atoms with van der Waals surface area (Å²) in [5.74, 6) is 0.932. The van der Waals surface area contributed by atoms with Gasteiger partial charge in [-0.1, -0.05) is 13.0 Å². The van der Waals surface area contributed by atoms with E-state index in [2.05, 4.69) is 19.2 Å². The van der Waals surface area contributed by atoms with E-state index in [1.165, 1.54) is 0 Å². The molecule has 1 aromatic rings. The highest BCUT2D eigenvalue weighted by molar-refractivity contribution is 5.47. The summed E-state index contributed by atoms with van der Waals surface area (Å²) in [4.78, 5) is 0. The SMILES string of the molecule is CC[C@H](C)Oc1cccc(NC)c1. The Hall–Kier alpha value is -1.18. The van der Waals surface area contributed by atoms with Crippen LogP contribution < -0.4 is 10.1 Å². The van der Waals surface area contributed by atoms with Crippen molar-refractivity contribution < 1.29 is 4.74 Å². The van der Waals surface area contributed by atoms with Gasteiger partial charge in [0.15, 0.2) is 0 Å². The van der Waals surface area contributed by atoms with Crippen molar-refractivity contribution in [3.05, 3.63) is 24.3 Å². The number of rotatable bonds is 4. The summed E-state index contributed by atoms with van der Waals surface area (Å²) in [5, 5.41) is 3.08. The minimum Gasteiger partial charge on any atom is -0.491 e. The molecule has 0 spiro atoms. The number of benzene rings is 1. The molecule has 2 nitrogen and oxygen atoms in total. The zero-order chi connectivity index (χ0) is 9.68. The molecule has 0 aliphatic rings. The highest BCUT2D eigenvalue weighted by atomic mass is 16.5. The number of nitrogens with one attached hydrogen (secondary N) is 1. The molecule has 1 N–H and O–H groups in total. The van der Waals surface area contributed by atoms with Gasteiger partial charge in [0.25, 0.3) is 0 Å². The lowest BCUT2D eigenvalue weighted by Crippen LogP contribution is -2.09. The summed E-state index contributed by atoms with van der Waals surface area (Å²) < 4.78 is 5.67. The standard InChI is InChI=1S/C11H17NO/c1-4-9(2)13-11-7-5-6-10(8-11)12-3/h5-9,12H,4H2,1-3H3/t9-/m0/s1. The Morgan fingerprint density at radius 3 is 2.85 bits per heavy atom. The Labute approximate surface area is 79.9 Å². The summed E-state index contributed by atoms with van der Waals surface area (Å²) in [7, 11) is 1.91. The molecule has 0 radical (unpaired) electrons. The van der Waals surface area contributed by atoms with Crippen LogP contribution in [0.5, 0.6) is 5.75 Å². The zero-order valence-electron chi connectivity index (χ0n) is 8.50. The van der Waals surface area contributed by atoms with Gasteiger partial charge in [-0.05, 0) is 25.5 Å². The number of hydrogen-bond acceptors (Lipinski definition) is 2. The first-order valence-electron chi connectivity index (χ1n) is 4.70. The Morgan fingerprint density at radius 2 is 2.23 bits per heavy atom. The highest BCUT2D eigenvalue weighted by Gasteiger charge is 2.00. The molecule has 1 atom stereocenters. The lowest BCUT2D eigenvalue weighted by Gasteiger charge is -2.13. The average Bonchev–Trinajstić information content (AvgIpc) is 2.18. The molecular weight excluding hydrogens is 162 g/mol. The molecule has 0 aromatic heterocycles. The Kier molecular flexibility index (Phi) is 3.62. The molecule has 72 valence electrons. The smallest absolute Gasteiger partial charge is 0.121 e. The van der Waals surface area contributed by atoms with E-state index in [0.29, 0.717) is 0 Å². The average molecular weight is 179 g/mol. The topological polar surface area (TPSA) is 21.3 Å². The van der Waals surface area contributed by atoms with Crippen molar-refractivity contribution in [3.8, 4) is 5.75 Å². The van der Waals surface area contributed by atoms with Crippen LogP contribution in [0.3, 0.4) is 0 Å². The fraction of sp³-hybridized carbons (Fsp3) is 0.455. The summed E-state index contributed by atoms with van der Waals surface area (Å²) in [6, 6.07) is 7.99. The molecule has 0 bridgehead atoms. The second-order valence-corrected chi connectivity index (χ2v) is 3.11. The van der Waals surface area contributed by atoms with Gasteiger partial charge in [0.1, 0.15) is 5.75 Å². The third kappa shape index (κ3) is 2.98. The maximum Gasteiger partial charge on any atom is 0.121 e. The predicted octanol–water partition coefficient (Wildman–Crippen LogP) is 2.91. The van der Waals surface area contributed by atoms with E-state index < -0.39 is 0 Å². The highest BCUT2D eigenvalue weighted by Crippen LogP contribution is 2.18. The van der Waals surface area contributed by atoms with E-state index in [0.717, 1.165) is 17.9 Å². The number of hydrogen-bond donors (Lipinski definition) is 1. The van der Waals surface area contributed by atoms with Crippen LogP contribution in [0.25, 0.3) is 0 Å². The number of anilines is 1. The molecule has 0 saturated heterocycles. The quantitative estimate of drug-likeness (QED) is 0.767. The summed E-state index contributed by atoms with van der Waals surface area (Å²) in [5.41, 5.74) is 1.08. The first-order valence-corrected chi connectivity index (χ1v) is 4.70. The third-order valence-electron chi connectivity index (χ3n) is 2.03. The van der Waals surface area contributed by atoms with E-state index >= 15 is 0 Å². The molecule has 1 aromatic carbocycles. The Balaban J connectivity index is 2.66. The van der Waals surface area contributed by atoms with Crippen LogP contribution in [0.1, 0.15) is 20.3 Å². The first-order chi connectivity index (χ1) is 6.26. The molecule has 0 saturated carbocycles. The summed E-state index contributed by atoms with van der Waals surface area (Å²) >= 11 is 0. The van der Waals surface area contributed by atoms with Crippen molar-refractivity contribution in [1.29, 1.82) is 0 Å². The third-order valence-corrected chi connectivity index (χ3v) is 2.03. The molecule has 0 unspecified atom stereocenters. The Bertz CT molecular complexity index is 260. The van der Waals surface area contributed by atoms with Crippen LogP contribution in [0.15, 0.2) is 24.3 Å². The minimum absolute atomic E-state index is 0.284. The molecule has 0 heterocycles. The second kappa shape index (κ2) is 4.75. The van der Waals surface area contributed by atoms with Gasteiger partial charge in [-0.3, -0.25) is 0 Å². The van der Waals surface area contributed by atoms with Crippen molar-refractivity contribution in [2.45, 2.75) is 26.4 Å². The van der Waals surface area contributed by atoms with E-state index in [4.69, 9.17) is 4.74 Å². The van der Waals surface area contributed by atoms with Gasteiger partial charge in [0.05, 0.1) is 6.10 Å². The molecular formula is C11H17NO. The van der Waals surface area contributed by atoms with E-state index in [1.807, 2.05) is 31.3 Å². The maximum atomic E-state index is 5.67. The molecule has 0 aliphatic heterocycles. The molecule has 0 amide bonds. The minimum atomic E-state index is 0.284. The van der Waals surface area contributed by atoms with Crippen LogP contribution in [0, 0.1) is 0 Å². The molecule has 0 fully saturated rings. The number of ether oxygens (including phenoxy) is 1. The normalized spacial score (nSPS) is 12.2. The fourth-order valence-electron chi connectivity index (χ4n) is 1.04. The monoisotopic (exact) mass is 179 g/mol. The lowest BCUT2D eigenvalue weighted by atomic mass is 10.3. The van der Waals surface area contributed by atoms with Crippen molar-refractivity contribution >= 4 is 5.69 Å². The molecule has 13 heavy (non-hydrogen) atoms. The van der Waals surface area contributed by atoms with Crippen molar-refractivity contribution in [1.82, 2.24) is 0 Å². The van der Waals surface area contributed by atoms with Gasteiger partial charge < -0.3 is 10.1 Å². The van der Waals surface area contributed by atoms with Crippen molar-refractivity contribution in [2.75, 3.05) is 12.4 Å². The van der Waals surface area contributed by atoms with Crippen molar-refractivity contribution in [3.63, 3.8) is 0 Å². The van der Waals surface area contributed by atoms with E-state index in [-0.39, 0.29) is 6.10 Å². The van der Waals surface area contributed by atoms with Crippen LogP contribution in [-0.4, -0.2) is 13.2 Å². The van der Waals surface area contributed by atoms with E-state index in [1.54, 1.807) is 0 Å². The second-order valence-electron chi connectivity index (χ2n) is 3.11. The van der Waals surface area contributed by atoms with Crippen LogP contribution in [-0.2, 0) is 0 Å². The summed E-state index contributed by atoms with van der Waals surface area (Å²) in [6.45, 7) is 4.19. The Morgan fingerprint density at radius 1 is 1.46 bits per heavy atom. The lowest BCUT2D eigenvalue weighted by molar-refractivity contribution is 0.217. The summed E-state index contributed by atoms with van der Waals surface area (Å²) in [6.07, 6.45) is 1.32. The molecule has 2 heteroatoms. The van der Waals surface area contributed by atoms with Gasteiger partial charge in [-0.15, -0.1) is 0 Å². The molecule has 1 rings (SSSR count). The van der Waals surface area contributed by atoms with Crippen molar-refractivity contribution in [2.24, 2.45) is 0 Å². The maximum absolute atomic E-state index is 5.67. The zero-order valence-corrected chi connectivity index (χ0v) is 8.50.